The molecule has 5 heteroatoms. The van der Waals surface area contributed by atoms with Crippen molar-refractivity contribution in [1.29, 1.82) is 0 Å². The molecule has 0 saturated heterocycles. The Morgan fingerprint density at radius 1 is 1.67 bits per heavy atom. The van der Waals surface area contributed by atoms with Crippen LogP contribution in [0.2, 0.25) is 0 Å². The highest BCUT2D eigenvalue weighted by Crippen LogP contribution is 1.75. The number of hydrogen-bond acceptors (Lipinski definition) is 3. The third-order valence-electron chi connectivity index (χ3n) is 0.667. The van der Waals surface area contributed by atoms with Crippen LogP contribution in [-0.2, 0) is 10.0 Å². The Hall–Kier alpha value is -0.130. The van der Waals surface area contributed by atoms with E-state index in [2.05, 4.69) is 4.72 Å². The first-order chi connectivity index (χ1) is 3.92. The van der Waals surface area contributed by atoms with Gasteiger partial charge < -0.3 is 5.73 Å². The second-order valence-corrected chi connectivity index (χ2v) is 3.93. The van der Waals surface area contributed by atoms with Gasteiger partial charge >= 0.3 is 0 Å². The van der Waals surface area contributed by atoms with Gasteiger partial charge in [0, 0.05) is 12.6 Å². The van der Waals surface area contributed by atoms with E-state index in [0.29, 0.717) is 6.54 Å². The molecule has 0 amide bonds. The van der Waals surface area contributed by atoms with E-state index in [1.807, 2.05) is 0 Å². The second-order valence-electron chi connectivity index (χ2n) is 2.10. The van der Waals surface area contributed by atoms with Gasteiger partial charge in [-0.2, -0.15) is 0 Å². The summed E-state index contributed by atoms with van der Waals surface area (Å²) in [5.74, 6) is 0. The van der Waals surface area contributed by atoms with Crippen molar-refractivity contribution >= 4 is 10.0 Å². The molecule has 0 aromatic carbocycles. The summed E-state index contributed by atoms with van der Waals surface area (Å²) in [4.78, 5) is 0. The van der Waals surface area contributed by atoms with Crippen molar-refractivity contribution in [3.8, 4) is 0 Å². The largest absolute Gasteiger partial charge is 0.327 e. The number of sulfonamides is 1. The quantitative estimate of drug-likeness (QED) is 0.538. The molecular formula is C4H12N2O2S. The molecule has 0 fully saturated rings. The molecule has 0 aromatic rings. The smallest absolute Gasteiger partial charge is 0.208 e. The van der Waals surface area contributed by atoms with Crippen molar-refractivity contribution in [2.75, 3.05) is 12.8 Å². The zero-order valence-corrected chi connectivity index (χ0v) is 6.40. The predicted octanol–water partition coefficient (Wildman–Crippen LogP) is -1.12. The van der Waals surface area contributed by atoms with E-state index >= 15 is 0 Å². The molecule has 3 N–H and O–H groups in total. The van der Waals surface area contributed by atoms with Gasteiger partial charge in [0.25, 0.3) is 0 Å². The first kappa shape index (κ1) is 8.87. The average molecular weight is 152 g/mol. The molecular weight excluding hydrogens is 140 g/mol. The molecule has 0 aliphatic rings. The van der Waals surface area contributed by atoms with Crippen LogP contribution in [0.15, 0.2) is 0 Å². The fourth-order valence-electron chi connectivity index (χ4n) is 0.283. The summed E-state index contributed by atoms with van der Waals surface area (Å²) < 4.78 is 23.0. The number of nitrogens with one attached hydrogen (secondary N) is 1. The van der Waals surface area contributed by atoms with Crippen LogP contribution in [0.5, 0.6) is 0 Å². The highest BCUT2D eigenvalue weighted by atomic mass is 32.2. The molecule has 0 rings (SSSR count). The molecule has 0 unspecified atom stereocenters. The first-order valence-corrected chi connectivity index (χ1v) is 4.51. The summed E-state index contributed by atoms with van der Waals surface area (Å²) in [6.45, 7) is 2.04. The Morgan fingerprint density at radius 3 is 2.22 bits per heavy atom. The van der Waals surface area contributed by atoms with E-state index in [9.17, 15) is 8.42 Å². The number of rotatable bonds is 3. The van der Waals surface area contributed by atoms with Gasteiger partial charge in [-0.3, -0.25) is 0 Å². The molecule has 0 heterocycles. The van der Waals surface area contributed by atoms with Crippen LogP contribution < -0.4 is 10.5 Å². The molecule has 0 radical (unpaired) electrons. The molecule has 0 bridgehead atoms. The standard InChI is InChI=1S/C4H12N2O2S/c1-4(5)3-6-9(2,7)8/h4,6H,3,5H2,1-2H3/t4-/m0/s1. The molecule has 0 spiro atoms. The normalized spacial score (nSPS) is 15.4. The summed E-state index contributed by atoms with van der Waals surface area (Å²) in [5.41, 5.74) is 5.27. The highest BCUT2D eigenvalue weighted by Gasteiger charge is 2.00. The molecule has 0 aliphatic carbocycles. The van der Waals surface area contributed by atoms with Crippen LogP contribution in [0.3, 0.4) is 0 Å². The summed E-state index contributed by atoms with van der Waals surface area (Å²) in [5, 5.41) is 0. The molecule has 9 heavy (non-hydrogen) atoms. The van der Waals surface area contributed by atoms with E-state index in [1.165, 1.54) is 0 Å². The van der Waals surface area contributed by atoms with Crippen LogP contribution >= 0.6 is 0 Å². The van der Waals surface area contributed by atoms with Gasteiger partial charge in [0.15, 0.2) is 0 Å². The van der Waals surface area contributed by atoms with Crippen molar-refractivity contribution in [3.63, 3.8) is 0 Å². The van der Waals surface area contributed by atoms with E-state index < -0.39 is 10.0 Å². The van der Waals surface area contributed by atoms with Gasteiger partial charge in [-0.1, -0.05) is 0 Å². The van der Waals surface area contributed by atoms with Crippen molar-refractivity contribution in [2.24, 2.45) is 5.73 Å². The van der Waals surface area contributed by atoms with E-state index in [4.69, 9.17) is 5.73 Å². The minimum atomic E-state index is -3.05. The average Bonchev–Trinajstić information content (AvgIpc) is 1.59. The van der Waals surface area contributed by atoms with Crippen molar-refractivity contribution in [1.82, 2.24) is 4.72 Å². The van der Waals surface area contributed by atoms with Crippen molar-refractivity contribution in [3.05, 3.63) is 0 Å². The lowest BCUT2D eigenvalue weighted by Crippen LogP contribution is -2.34. The van der Waals surface area contributed by atoms with Crippen LogP contribution in [0.1, 0.15) is 6.92 Å². The molecule has 0 saturated carbocycles. The van der Waals surface area contributed by atoms with Gasteiger partial charge in [0.1, 0.15) is 0 Å². The van der Waals surface area contributed by atoms with Gasteiger partial charge in [0.05, 0.1) is 6.26 Å². The Balaban J connectivity index is 3.53. The van der Waals surface area contributed by atoms with Crippen LogP contribution in [0, 0.1) is 0 Å². The van der Waals surface area contributed by atoms with E-state index in [0.717, 1.165) is 6.26 Å². The summed E-state index contributed by atoms with van der Waals surface area (Å²) in [7, 11) is -3.05. The second kappa shape index (κ2) is 3.14. The summed E-state index contributed by atoms with van der Waals surface area (Å²) in [6.07, 6.45) is 1.11. The third-order valence-corrected chi connectivity index (χ3v) is 1.36. The molecule has 4 nitrogen and oxygen atoms in total. The van der Waals surface area contributed by atoms with Gasteiger partial charge in [-0.15, -0.1) is 0 Å². The van der Waals surface area contributed by atoms with Gasteiger partial charge in [-0.05, 0) is 6.92 Å². The zero-order chi connectivity index (χ0) is 7.49. The molecule has 0 aliphatic heterocycles. The third kappa shape index (κ3) is 7.87. The maximum atomic E-state index is 10.4. The minimum absolute atomic E-state index is 0.125. The summed E-state index contributed by atoms with van der Waals surface area (Å²) in [6, 6.07) is -0.125. The minimum Gasteiger partial charge on any atom is -0.327 e. The highest BCUT2D eigenvalue weighted by molar-refractivity contribution is 7.88. The summed E-state index contributed by atoms with van der Waals surface area (Å²) >= 11 is 0. The maximum Gasteiger partial charge on any atom is 0.208 e. The Kier molecular flexibility index (Phi) is 3.10. The predicted molar refractivity (Wildman–Crippen MR) is 36.5 cm³/mol. The zero-order valence-electron chi connectivity index (χ0n) is 5.59. The van der Waals surface area contributed by atoms with E-state index in [1.54, 1.807) is 6.92 Å². The first-order valence-electron chi connectivity index (χ1n) is 2.62. The van der Waals surface area contributed by atoms with Gasteiger partial charge in [0.2, 0.25) is 10.0 Å². The fourth-order valence-corrected chi connectivity index (χ4v) is 0.848. The van der Waals surface area contributed by atoms with Gasteiger partial charge in [-0.25, -0.2) is 13.1 Å². The van der Waals surface area contributed by atoms with Crippen LogP contribution in [0.25, 0.3) is 0 Å². The molecule has 1 atom stereocenters. The van der Waals surface area contributed by atoms with Crippen LogP contribution in [-0.4, -0.2) is 27.3 Å². The molecule has 0 aromatic heterocycles. The van der Waals surface area contributed by atoms with E-state index in [-0.39, 0.29) is 6.04 Å². The topological polar surface area (TPSA) is 72.2 Å². The lowest BCUT2D eigenvalue weighted by atomic mass is 10.4. The monoisotopic (exact) mass is 152 g/mol. The SMILES string of the molecule is C[C@H](N)CNS(C)(=O)=O. The fraction of sp³-hybridized carbons (Fsp3) is 1.00. The number of nitrogens with two attached hydrogens (primary N) is 1. The molecule has 56 valence electrons. The van der Waals surface area contributed by atoms with Crippen LogP contribution in [0.4, 0.5) is 0 Å². The Labute approximate surface area is 55.5 Å². The van der Waals surface area contributed by atoms with Crippen molar-refractivity contribution < 1.29 is 8.42 Å². The lowest BCUT2D eigenvalue weighted by molar-refractivity contribution is 0.580. The Bertz CT molecular complexity index is 161. The Morgan fingerprint density at radius 2 is 2.11 bits per heavy atom. The number of hydrogen-bond donors (Lipinski definition) is 2. The maximum absolute atomic E-state index is 10.4. The van der Waals surface area contributed by atoms with Crippen molar-refractivity contribution in [2.45, 2.75) is 13.0 Å². The lowest BCUT2D eigenvalue weighted by Gasteiger charge is -2.03.